The summed E-state index contributed by atoms with van der Waals surface area (Å²) in [5, 5.41) is 3.86. The molecule has 11 heteroatoms. The highest BCUT2D eigenvalue weighted by atomic mass is 32.2. The highest BCUT2D eigenvalue weighted by Gasteiger charge is 2.27. The molecule has 0 aromatic heterocycles. The second-order valence-corrected chi connectivity index (χ2v) is 8.89. The van der Waals surface area contributed by atoms with Crippen LogP contribution in [0.4, 0.5) is 10.1 Å². The van der Waals surface area contributed by atoms with Crippen LogP contribution in [0.1, 0.15) is 5.56 Å². The predicted molar refractivity (Wildman–Crippen MR) is 127 cm³/mol. The number of nitrogens with one attached hydrogen (secondary N) is 1. The van der Waals surface area contributed by atoms with Gasteiger partial charge >= 0.3 is 5.97 Å². The molecule has 3 aromatic rings. The number of carbonyl (C=O) groups excluding carboxylic acids is 2. The van der Waals surface area contributed by atoms with E-state index in [2.05, 4.69) is 15.3 Å². The first-order valence-corrected chi connectivity index (χ1v) is 11.7. The van der Waals surface area contributed by atoms with E-state index >= 15 is 0 Å². The zero-order valence-corrected chi connectivity index (χ0v) is 19.4. The van der Waals surface area contributed by atoms with Crippen molar-refractivity contribution in [1.82, 2.24) is 5.43 Å². The summed E-state index contributed by atoms with van der Waals surface area (Å²) in [5.74, 6) is -1.41. The molecule has 0 aliphatic heterocycles. The smallest absolute Gasteiger partial charge is 0.343 e. The van der Waals surface area contributed by atoms with E-state index in [9.17, 15) is 22.4 Å². The van der Waals surface area contributed by atoms with E-state index in [0.29, 0.717) is 11.3 Å². The Morgan fingerprint density at radius 1 is 1.03 bits per heavy atom. The Labute approximate surface area is 201 Å². The van der Waals surface area contributed by atoms with E-state index in [1.54, 1.807) is 42.5 Å². The lowest BCUT2D eigenvalue weighted by Crippen LogP contribution is -2.39. The fourth-order valence-corrected chi connectivity index (χ4v) is 4.31. The fraction of sp³-hybridized carbons (Fsp3) is 0.125. The predicted octanol–water partition coefficient (Wildman–Crippen LogP) is 2.72. The summed E-state index contributed by atoms with van der Waals surface area (Å²) in [4.78, 5) is 23.7. The summed E-state index contributed by atoms with van der Waals surface area (Å²) < 4.78 is 50.4. The van der Waals surface area contributed by atoms with Crippen molar-refractivity contribution in [2.45, 2.75) is 4.90 Å². The molecule has 3 rings (SSSR count). The van der Waals surface area contributed by atoms with E-state index in [1.807, 2.05) is 0 Å². The number of hydrogen-bond donors (Lipinski definition) is 1. The number of methoxy groups -OCH3 is 1. The van der Waals surface area contributed by atoms with Gasteiger partial charge in [-0.25, -0.2) is 23.0 Å². The van der Waals surface area contributed by atoms with Gasteiger partial charge in [-0.15, -0.1) is 0 Å². The van der Waals surface area contributed by atoms with Crippen molar-refractivity contribution in [3.05, 3.63) is 90.2 Å². The number of benzene rings is 3. The van der Waals surface area contributed by atoms with Crippen molar-refractivity contribution < 1.29 is 31.9 Å². The summed E-state index contributed by atoms with van der Waals surface area (Å²) in [6.45, 7) is -0.856. The highest BCUT2D eigenvalue weighted by molar-refractivity contribution is 7.92. The van der Waals surface area contributed by atoms with Crippen LogP contribution in [0, 0.1) is 5.82 Å². The maximum Gasteiger partial charge on any atom is 0.343 e. The van der Waals surface area contributed by atoms with Gasteiger partial charge in [0, 0.05) is 0 Å². The number of halogens is 1. The molecule has 3 aromatic carbocycles. The highest BCUT2D eigenvalue weighted by Crippen LogP contribution is 2.23. The van der Waals surface area contributed by atoms with Crippen molar-refractivity contribution in [3.63, 3.8) is 0 Å². The Balaban J connectivity index is 1.72. The minimum Gasteiger partial charge on any atom is -0.482 e. The molecule has 0 fully saturated rings. The Hall–Kier alpha value is -4.25. The van der Waals surface area contributed by atoms with Crippen molar-refractivity contribution in [1.29, 1.82) is 0 Å². The first-order chi connectivity index (χ1) is 16.8. The maximum atomic E-state index is 13.4. The Morgan fingerprint density at radius 2 is 1.74 bits per heavy atom. The van der Waals surface area contributed by atoms with Crippen LogP contribution in [-0.2, 0) is 24.3 Å². The van der Waals surface area contributed by atoms with E-state index in [0.717, 1.165) is 16.4 Å². The lowest BCUT2D eigenvalue weighted by molar-refractivity contribution is -0.142. The average molecular weight is 500 g/mol. The molecule has 0 saturated heterocycles. The van der Waals surface area contributed by atoms with Gasteiger partial charge < -0.3 is 9.47 Å². The number of ether oxygens (including phenoxy) is 2. The Bertz CT molecular complexity index is 1300. The second kappa shape index (κ2) is 11.7. The first-order valence-electron chi connectivity index (χ1n) is 10.2. The number of nitrogens with zero attached hydrogens (tertiary/aromatic N) is 2. The van der Waals surface area contributed by atoms with Gasteiger partial charge in [0.05, 0.1) is 23.9 Å². The van der Waals surface area contributed by atoms with E-state index < -0.39 is 34.3 Å². The molecular formula is C24H22FN3O6S. The number of sulfonamides is 1. The molecule has 1 amide bonds. The topological polar surface area (TPSA) is 114 Å². The Morgan fingerprint density at radius 3 is 2.43 bits per heavy atom. The van der Waals surface area contributed by atoms with Gasteiger partial charge in [0.1, 0.15) is 18.1 Å². The molecule has 182 valence electrons. The summed E-state index contributed by atoms with van der Waals surface area (Å²) in [5.41, 5.74) is 2.95. The van der Waals surface area contributed by atoms with Crippen LogP contribution in [0.25, 0.3) is 0 Å². The van der Waals surface area contributed by atoms with Gasteiger partial charge in [0.25, 0.3) is 15.9 Å². The van der Waals surface area contributed by atoms with Crippen LogP contribution >= 0.6 is 0 Å². The molecule has 0 radical (unpaired) electrons. The molecular weight excluding hydrogens is 477 g/mol. The molecule has 0 saturated carbocycles. The number of hydrogen-bond acceptors (Lipinski definition) is 7. The van der Waals surface area contributed by atoms with Crippen LogP contribution in [-0.4, -0.2) is 46.8 Å². The fourth-order valence-electron chi connectivity index (χ4n) is 2.87. The molecule has 35 heavy (non-hydrogen) atoms. The minimum absolute atomic E-state index is 0.0237. The van der Waals surface area contributed by atoms with Crippen molar-refractivity contribution in [2.24, 2.45) is 5.10 Å². The van der Waals surface area contributed by atoms with Crippen LogP contribution in [0.15, 0.2) is 88.9 Å². The third kappa shape index (κ3) is 7.11. The SMILES string of the molecule is COC(=O)COc1cccc(/C=N\NC(=O)CN(c2ccc(F)cc2)S(=O)(=O)c2ccccc2)c1. The first kappa shape index (κ1) is 25.4. The summed E-state index contributed by atoms with van der Waals surface area (Å²) in [7, 11) is -2.87. The molecule has 0 unspecified atom stereocenters. The maximum absolute atomic E-state index is 13.4. The van der Waals surface area contributed by atoms with Gasteiger partial charge in [-0.05, 0) is 54.1 Å². The number of carbonyl (C=O) groups is 2. The van der Waals surface area contributed by atoms with Crippen molar-refractivity contribution in [3.8, 4) is 5.75 Å². The molecule has 0 spiro atoms. The van der Waals surface area contributed by atoms with E-state index in [1.165, 1.54) is 37.6 Å². The number of rotatable bonds is 10. The number of hydrazone groups is 1. The van der Waals surface area contributed by atoms with Crippen LogP contribution < -0.4 is 14.5 Å². The molecule has 0 aliphatic carbocycles. The standard InChI is InChI=1S/C24H22FN3O6S/c1-33-24(30)17-34-21-7-5-6-18(14-21)15-26-27-23(29)16-28(20-12-10-19(25)11-13-20)35(31,32)22-8-3-2-4-9-22/h2-15H,16-17H2,1H3,(H,27,29)/b26-15-. The quantitative estimate of drug-likeness (QED) is 0.261. The van der Waals surface area contributed by atoms with Crippen LogP contribution in [0.5, 0.6) is 5.75 Å². The van der Waals surface area contributed by atoms with Crippen LogP contribution in [0.2, 0.25) is 0 Å². The van der Waals surface area contributed by atoms with Gasteiger partial charge in [-0.1, -0.05) is 30.3 Å². The molecule has 1 N–H and O–H groups in total. The lowest BCUT2D eigenvalue weighted by Gasteiger charge is -2.23. The summed E-state index contributed by atoms with van der Waals surface area (Å²) in [6.07, 6.45) is 1.33. The molecule has 0 atom stereocenters. The second-order valence-electron chi connectivity index (χ2n) is 7.03. The lowest BCUT2D eigenvalue weighted by atomic mass is 10.2. The van der Waals surface area contributed by atoms with E-state index in [-0.39, 0.29) is 17.2 Å². The summed E-state index contributed by atoms with van der Waals surface area (Å²) in [6, 6.07) is 18.9. The molecule has 9 nitrogen and oxygen atoms in total. The number of anilines is 1. The summed E-state index contributed by atoms with van der Waals surface area (Å²) >= 11 is 0. The minimum atomic E-state index is -4.12. The number of amides is 1. The van der Waals surface area contributed by atoms with Gasteiger partial charge in [-0.3, -0.25) is 9.10 Å². The van der Waals surface area contributed by atoms with E-state index in [4.69, 9.17) is 4.74 Å². The zero-order chi connectivity index (χ0) is 25.3. The largest absolute Gasteiger partial charge is 0.482 e. The van der Waals surface area contributed by atoms with Gasteiger partial charge in [0.2, 0.25) is 0 Å². The third-order valence-corrected chi connectivity index (χ3v) is 6.37. The van der Waals surface area contributed by atoms with Gasteiger partial charge in [-0.2, -0.15) is 5.10 Å². The van der Waals surface area contributed by atoms with Gasteiger partial charge in [0.15, 0.2) is 6.61 Å². The third-order valence-electron chi connectivity index (χ3n) is 4.58. The monoisotopic (exact) mass is 499 g/mol. The van der Waals surface area contributed by atoms with Crippen LogP contribution in [0.3, 0.4) is 0 Å². The molecule has 0 bridgehead atoms. The Kier molecular flexibility index (Phi) is 8.52. The number of esters is 1. The van der Waals surface area contributed by atoms with Crippen molar-refractivity contribution in [2.75, 3.05) is 24.6 Å². The zero-order valence-electron chi connectivity index (χ0n) is 18.6. The molecule has 0 heterocycles. The normalized spacial score (nSPS) is 11.1. The van der Waals surface area contributed by atoms with Crippen molar-refractivity contribution >= 4 is 33.8 Å². The molecule has 0 aliphatic rings. The average Bonchev–Trinajstić information content (AvgIpc) is 2.87.